The highest BCUT2D eigenvalue weighted by Gasteiger charge is 2.12. The number of amides is 1. The number of thioether (sulfide) groups is 1. The minimum atomic E-state index is -0.0522. The van der Waals surface area contributed by atoms with E-state index in [9.17, 15) is 4.79 Å². The Morgan fingerprint density at radius 2 is 1.79 bits per heavy atom. The fourth-order valence-corrected chi connectivity index (χ4v) is 3.74. The number of hydrogen-bond acceptors (Lipinski definition) is 5. The standard InChI is InChI=1S/C21H16BrN3O2S/c22-15-8-10-16(11-9-15)23-19(26)12-13-28-21-25-24-20(27-21)18-7-3-5-14-4-1-2-6-17(14)18/h1-11H,12-13H2,(H,23,26). The molecule has 0 aliphatic rings. The molecule has 0 saturated carbocycles. The van der Waals surface area contributed by atoms with Crippen LogP contribution in [-0.2, 0) is 4.79 Å². The van der Waals surface area contributed by atoms with Crippen molar-refractivity contribution in [3.8, 4) is 11.5 Å². The third-order valence-corrected chi connectivity index (χ3v) is 5.46. The lowest BCUT2D eigenvalue weighted by Gasteiger charge is -2.04. The van der Waals surface area contributed by atoms with E-state index < -0.39 is 0 Å². The second-order valence-corrected chi connectivity index (χ2v) is 8.02. The maximum Gasteiger partial charge on any atom is 0.276 e. The molecule has 0 atom stereocenters. The van der Waals surface area contributed by atoms with Gasteiger partial charge in [0.2, 0.25) is 11.8 Å². The van der Waals surface area contributed by atoms with E-state index in [0.29, 0.717) is 23.3 Å². The smallest absolute Gasteiger partial charge is 0.276 e. The molecular formula is C21H16BrN3O2S. The number of nitrogens with one attached hydrogen (secondary N) is 1. The summed E-state index contributed by atoms with van der Waals surface area (Å²) in [4.78, 5) is 12.1. The summed E-state index contributed by atoms with van der Waals surface area (Å²) in [5.41, 5.74) is 1.68. The van der Waals surface area contributed by atoms with Crippen molar-refractivity contribution in [3.05, 3.63) is 71.2 Å². The third-order valence-electron chi connectivity index (χ3n) is 4.11. The molecule has 1 aromatic heterocycles. The number of carbonyl (C=O) groups excluding carboxylic acids is 1. The molecule has 0 unspecified atom stereocenters. The lowest BCUT2D eigenvalue weighted by Crippen LogP contribution is -2.11. The van der Waals surface area contributed by atoms with Crippen molar-refractivity contribution < 1.29 is 9.21 Å². The first kappa shape index (κ1) is 18.7. The summed E-state index contributed by atoms with van der Waals surface area (Å²) in [5.74, 6) is 0.988. The molecule has 1 heterocycles. The largest absolute Gasteiger partial charge is 0.411 e. The highest BCUT2D eigenvalue weighted by Crippen LogP contribution is 2.29. The van der Waals surface area contributed by atoms with Crippen molar-refractivity contribution in [2.75, 3.05) is 11.1 Å². The van der Waals surface area contributed by atoms with E-state index in [4.69, 9.17) is 4.42 Å². The van der Waals surface area contributed by atoms with Gasteiger partial charge >= 0.3 is 0 Å². The van der Waals surface area contributed by atoms with Gasteiger partial charge in [-0.1, -0.05) is 64.1 Å². The number of fused-ring (bicyclic) bond motifs is 1. The number of rotatable bonds is 6. The van der Waals surface area contributed by atoms with Crippen LogP contribution in [0.1, 0.15) is 6.42 Å². The molecule has 0 aliphatic heterocycles. The zero-order valence-corrected chi connectivity index (χ0v) is 17.2. The molecule has 28 heavy (non-hydrogen) atoms. The molecule has 0 radical (unpaired) electrons. The highest BCUT2D eigenvalue weighted by molar-refractivity contribution is 9.10. The number of nitrogens with zero attached hydrogens (tertiary/aromatic N) is 2. The Labute approximate surface area is 174 Å². The molecule has 3 aromatic carbocycles. The second-order valence-electron chi connectivity index (χ2n) is 6.05. The van der Waals surface area contributed by atoms with Crippen LogP contribution in [0.25, 0.3) is 22.2 Å². The maximum absolute atomic E-state index is 12.1. The molecule has 0 spiro atoms. The summed E-state index contributed by atoms with van der Waals surface area (Å²) < 4.78 is 6.77. The van der Waals surface area contributed by atoms with Gasteiger partial charge in [-0.15, -0.1) is 10.2 Å². The molecule has 0 saturated heterocycles. The van der Waals surface area contributed by atoms with E-state index in [-0.39, 0.29) is 5.91 Å². The Balaban J connectivity index is 1.36. The summed E-state index contributed by atoms with van der Waals surface area (Å²) in [6.07, 6.45) is 0.354. The molecule has 0 bridgehead atoms. The van der Waals surface area contributed by atoms with E-state index in [1.807, 2.05) is 54.6 Å². The van der Waals surface area contributed by atoms with Gasteiger partial charge in [0, 0.05) is 27.9 Å². The van der Waals surface area contributed by atoms with Gasteiger partial charge in [0.05, 0.1) is 0 Å². The van der Waals surface area contributed by atoms with E-state index in [1.165, 1.54) is 11.8 Å². The van der Waals surface area contributed by atoms with Gasteiger partial charge in [0.1, 0.15) is 0 Å². The van der Waals surface area contributed by atoms with Crippen LogP contribution in [0.2, 0.25) is 0 Å². The number of hydrogen-bond donors (Lipinski definition) is 1. The Bertz CT molecular complexity index is 1110. The van der Waals surface area contributed by atoms with Crippen LogP contribution in [0.5, 0.6) is 0 Å². The van der Waals surface area contributed by atoms with Crippen LogP contribution in [0.4, 0.5) is 5.69 Å². The average Bonchev–Trinajstić information content (AvgIpc) is 3.18. The Morgan fingerprint density at radius 3 is 2.64 bits per heavy atom. The summed E-state index contributed by atoms with van der Waals surface area (Å²) in [6.45, 7) is 0. The molecule has 1 N–H and O–H groups in total. The Morgan fingerprint density at radius 1 is 1.00 bits per heavy atom. The highest BCUT2D eigenvalue weighted by atomic mass is 79.9. The average molecular weight is 454 g/mol. The summed E-state index contributed by atoms with van der Waals surface area (Å²) in [7, 11) is 0. The molecule has 7 heteroatoms. The quantitative estimate of drug-likeness (QED) is 0.375. The fraction of sp³-hybridized carbons (Fsp3) is 0.0952. The predicted octanol–water partition coefficient (Wildman–Crippen LogP) is 5.77. The number of carbonyl (C=O) groups is 1. The summed E-state index contributed by atoms with van der Waals surface area (Å²) in [5, 5.41) is 13.8. The van der Waals surface area contributed by atoms with Gasteiger partial charge in [-0.25, -0.2) is 0 Å². The number of benzene rings is 3. The third kappa shape index (κ3) is 4.43. The monoisotopic (exact) mass is 453 g/mol. The van der Waals surface area contributed by atoms with Crippen LogP contribution in [0.3, 0.4) is 0 Å². The van der Waals surface area contributed by atoms with Crippen LogP contribution in [0.15, 0.2) is 80.8 Å². The zero-order valence-electron chi connectivity index (χ0n) is 14.8. The van der Waals surface area contributed by atoms with Crippen LogP contribution in [-0.4, -0.2) is 21.9 Å². The van der Waals surface area contributed by atoms with Crippen LogP contribution < -0.4 is 5.32 Å². The minimum absolute atomic E-state index is 0.0522. The topological polar surface area (TPSA) is 68.0 Å². The predicted molar refractivity (Wildman–Crippen MR) is 115 cm³/mol. The van der Waals surface area contributed by atoms with Crippen molar-refractivity contribution in [2.45, 2.75) is 11.6 Å². The van der Waals surface area contributed by atoms with Gasteiger partial charge in [0.25, 0.3) is 5.22 Å². The van der Waals surface area contributed by atoms with Gasteiger partial charge in [-0.3, -0.25) is 4.79 Å². The van der Waals surface area contributed by atoms with E-state index in [1.54, 1.807) is 0 Å². The van der Waals surface area contributed by atoms with Crippen molar-refractivity contribution in [1.29, 1.82) is 0 Å². The molecular weight excluding hydrogens is 438 g/mol. The SMILES string of the molecule is O=C(CCSc1nnc(-c2cccc3ccccc23)o1)Nc1ccc(Br)cc1. The molecule has 5 nitrogen and oxygen atoms in total. The first-order valence-electron chi connectivity index (χ1n) is 8.69. The van der Waals surface area contributed by atoms with Crippen LogP contribution >= 0.6 is 27.7 Å². The number of anilines is 1. The lowest BCUT2D eigenvalue weighted by molar-refractivity contribution is -0.115. The molecule has 4 rings (SSSR count). The van der Waals surface area contributed by atoms with Gasteiger partial charge in [0.15, 0.2) is 0 Å². The first-order chi connectivity index (χ1) is 13.7. The second kappa shape index (κ2) is 8.58. The first-order valence-corrected chi connectivity index (χ1v) is 10.5. The Hall–Kier alpha value is -2.64. The van der Waals surface area contributed by atoms with Crippen molar-refractivity contribution in [1.82, 2.24) is 10.2 Å². The molecule has 0 fully saturated rings. The maximum atomic E-state index is 12.1. The molecule has 4 aromatic rings. The number of halogens is 1. The minimum Gasteiger partial charge on any atom is -0.411 e. The number of aromatic nitrogens is 2. The van der Waals surface area contributed by atoms with Crippen molar-refractivity contribution >= 4 is 50.1 Å². The fourth-order valence-electron chi connectivity index (χ4n) is 2.78. The zero-order chi connectivity index (χ0) is 19.3. The summed E-state index contributed by atoms with van der Waals surface area (Å²) >= 11 is 4.75. The molecule has 1 amide bonds. The molecule has 0 aliphatic carbocycles. The van der Waals surface area contributed by atoms with Gasteiger partial charge in [-0.2, -0.15) is 0 Å². The Kier molecular flexibility index (Phi) is 5.73. The molecule has 140 valence electrons. The summed E-state index contributed by atoms with van der Waals surface area (Å²) in [6, 6.07) is 21.5. The van der Waals surface area contributed by atoms with Crippen LogP contribution in [0, 0.1) is 0 Å². The van der Waals surface area contributed by atoms with E-state index >= 15 is 0 Å². The van der Waals surface area contributed by atoms with Crippen molar-refractivity contribution in [2.24, 2.45) is 0 Å². The van der Waals surface area contributed by atoms with E-state index in [0.717, 1.165) is 26.5 Å². The van der Waals surface area contributed by atoms with Crippen molar-refractivity contribution in [3.63, 3.8) is 0 Å². The lowest BCUT2D eigenvalue weighted by atomic mass is 10.0. The van der Waals surface area contributed by atoms with Gasteiger partial charge in [-0.05, 0) is 41.1 Å². The van der Waals surface area contributed by atoms with E-state index in [2.05, 4.69) is 43.6 Å². The normalized spacial score (nSPS) is 10.9. The van der Waals surface area contributed by atoms with Gasteiger partial charge < -0.3 is 9.73 Å².